The highest BCUT2D eigenvalue weighted by molar-refractivity contribution is 7.85. The van der Waals surface area contributed by atoms with Crippen molar-refractivity contribution in [3.63, 3.8) is 0 Å². The molecule has 8 nitrogen and oxygen atoms in total. The first-order valence-electron chi connectivity index (χ1n) is 5.17. The molecule has 0 bridgehead atoms. The topological polar surface area (TPSA) is 138 Å². The van der Waals surface area contributed by atoms with Gasteiger partial charge < -0.3 is 10.8 Å². The van der Waals surface area contributed by atoms with Crippen molar-refractivity contribution >= 4 is 33.3 Å². The number of aromatic hydroxyl groups is 1. The first kappa shape index (κ1) is 13.3. The summed E-state index contributed by atoms with van der Waals surface area (Å²) in [5.74, 6) is -1.74. The molecule has 0 saturated carbocycles. The molecule has 1 aromatic carbocycles. The van der Waals surface area contributed by atoms with Gasteiger partial charge in [0.1, 0.15) is 0 Å². The highest BCUT2D eigenvalue weighted by atomic mass is 32.2. The van der Waals surface area contributed by atoms with Gasteiger partial charge in [-0.1, -0.05) is 0 Å². The van der Waals surface area contributed by atoms with Gasteiger partial charge in [0.25, 0.3) is 10.1 Å². The van der Waals surface area contributed by atoms with Crippen LogP contribution >= 0.6 is 0 Å². The van der Waals surface area contributed by atoms with Crippen LogP contribution in [0, 0.1) is 0 Å². The SMILES string of the molecule is Nc1cc(S(=O)(=O)O)cc(N2C(=O)CCC2=O)c1O. The minimum Gasteiger partial charge on any atom is -0.504 e. The molecule has 102 valence electrons. The molecular weight excluding hydrogens is 276 g/mol. The third kappa shape index (κ3) is 2.25. The first-order chi connectivity index (χ1) is 8.71. The molecule has 2 rings (SSSR count). The van der Waals surface area contributed by atoms with Crippen LogP contribution in [0.1, 0.15) is 12.8 Å². The van der Waals surface area contributed by atoms with Gasteiger partial charge in [0.15, 0.2) is 5.75 Å². The van der Waals surface area contributed by atoms with Crippen molar-refractivity contribution in [2.24, 2.45) is 0 Å². The van der Waals surface area contributed by atoms with Crippen LogP contribution in [0.4, 0.5) is 11.4 Å². The summed E-state index contributed by atoms with van der Waals surface area (Å²) in [5, 5.41) is 9.74. The van der Waals surface area contributed by atoms with Crippen molar-refractivity contribution in [3.8, 4) is 5.75 Å². The van der Waals surface area contributed by atoms with E-state index in [2.05, 4.69) is 0 Å². The van der Waals surface area contributed by atoms with E-state index in [1.54, 1.807) is 0 Å². The number of nitrogens with two attached hydrogens (primary N) is 1. The molecule has 1 aliphatic rings. The number of anilines is 2. The molecule has 4 N–H and O–H groups in total. The van der Waals surface area contributed by atoms with Crippen LogP contribution in [0.5, 0.6) is 5.75 Å². The molecule has 0 aliphatic carbocycles. The van der Waals surface area contributed by atoms with Crippen molar-refractivity contribution in [2.75, 3.05) is 10.6 Å². The van der Waals surface area contributed by atoms with Crippen molar-refractivity contribution < 1.29 is 27.7 Å². The second-order valence-electron chi connectivity index (χ2n) is 3.98. The number of nitrogens with zero attached hydrogens (tertiary/aromatic N) is 1. The van der Waals surface area contributed by atoms with Gasteiger partial charge in [-0.15, -0.1) is 0 Å². The lowest BCUT2D eigenvalue weighted by molar-refractivity contribution is -0.121. The predicted octanol–water partition coefficient (Wildman–Crippen LogP) is -0.126. The molecule has 1 saturated heterocycles. The number of hydrogen-bond acceptors (Lipinski definition) is 6. The second-order valence-corrected chi connectivity index (χ2v) is 5.40. The van der Waals surface area contributed by atoms with Crippen LogP contribution < -0.4 is 10.6 Å². The van der Waals surface area contributed by atoms with E-state index < -0.39 is 32.6 Å². The Kier molecular flexibility index (Phi) is 2.95. The van der Waals surface area contributed by atoms with Gasteiger partial charge in [-0.2, -0.15) is 8.42 Å². The van der Waals surface area contributed by atoms with Gasteiger partial charge in [0.05, 0.1) is 16.3 Å². The van der Waals surface area contributed by atoms with Gasteiger partial charge in [0, 0.05) is 12.8 Å². The van der Waals surface area contributed by atoms with E-state index in [0.717, 1.165) is 12.1 Å². The largest absolute Gasteiger partial charge is 0.504 e. The normalized spacial score (nSPS) is 16.2. The summed E-state index contributed by atoms with van der Waals surface area (Å²) in [6.45, 7) is 0. The Morgan fingerprint density at radius 2 is 1.68 bits per heavy atom. The van der Waals surface area contributed by atoms with E-state index >= 15 is 0 Å². The maximum absolute atomic E-state index is 11.6. The number of rotatable bonds is 2. The number of nitrogen functional groups attached to an aromatic ring is 1. The van der Waals surface area contributed by atoms with Crippen LogP contribution in [0.25, 0.3) is 0 Å². The number of phenolic OH excluding ortho intramolecular Hbond substituents is 1. The smallest absolute Gasteiger partial charge is 0.294 e. The van der Waals surface area contributed by atoms with Crippen LogP contribution in [0.15, 0.2) is 17.0 Å². The summed E-state index contributed by atoms with van der Waals surface area (Å²) >= 11 is 0. The highest BCUT2D eigenvalue weighted by Crippen LogP contribution is 2.38. The molecule has 1 aromatic rings. The van der Waals surface area contributed by atoms with Gasteiger partial charge in [-0.3, -0.25) is 14.1 Å². The van der Waals surface area contributed by atoms with Crippen molar-refractivity contribution in [3.05, 3.63) is 12.1 Å². The van der Waals surface area contributed by atoms with E-state index in [0.29, 0.717) is 4.90 Å². The standard InChI is InChI=1S/C10H10N2O6S/c11-6-3-5(19(16,17)18)4-7(10(6)15)12-8(13)1-2-9(12)14/h3-4,15H,1-2,11H2,(H,16,17,18). The van der Waals surface area contributed by atoms with Gasteiger partial charge in [-0.25, -0.2) is 4.90 Å². The molecule has 0 radical (unpaired) electrons. The van der Waals surface area contributed by atoms with E-state index in [9.17, 15) is 23.1 Å². The van der Waals surface area contributed by atoms with Gasteiger partial charge in [-0.05, 0) is 12.1 Å². The number of phenols is 1. The Labute approximate surface area is 108 Å². The monoisotopic (exact) mass is 286 g/mol. The Bertz CT molecular complexity index is 666. The maximum Gasteiger partial charge on any atom is 0.294 e. The zero-order chi connectivity index (χ0) is 14.4. The molecule has 9 heteroatoms. The highest BCUT2D eigenvalue weighted by Gasteiger charge is 2.33. The summed E-state index contributed by atoms with van der Waals surface area (Å²) in [6, 6.07) is 1.65. The van der Waals surface area contributed by atoms with Crippen molar-refractivity contribution in [1.82, 2.24) is 0 Å². The summed E-state index contributed by atoms with van der Waals surface area (Å²) < 4.78 is 31.1. The van der Waals surface area contributed by atoms with Crippen LogP contribution in [-0.2, 0) is 19.7 Å². The van der Waals surface area contributed by atoms with Crippen molar-refractivity contribution in [2.45, 2.75) is 17.7 Å². The Hall–Kier alpha value is -2.13. The Morgan fingerprint density at radius 3 is 2.16 bits per heavy atom. The fourth-order valence-corrected chi connectivity index (χ4v) is 2.32. The third-order valence-electron chi connectivity index (χ3n) is 2.68. The number of amides is 2. The summed E-state index contributed by atoms with van der Waals surface area (Å²) in [6.07, 6.45) is -0.0669. The van der Waals surface area contributed by atoms with E-state index in [-0.39, 0.29) is 24.2 Å². The zero-order valence-corrected chi connectivity index (χ0v) is 10.3. The second kappa shape index (κ2) is 4.21. The zero-order valence-electron chi connectivity index (χ0n) is 9.53. The number of hydrogen-bond donors (Lipinski definition) is 3. The number of imide groups is 1. The minimum absolute atomic E-state index is 0.0335. The van der Waals surface area contributed by atoms with Crippen LogP contribution in [-0.4, -0.2) is 29.9 Å². The molecule has 0 aromatic heterocycles. The lowest BCUT2D eigenvalue weighted by atomic mass is 10.2. The Balaban J connectivity index is 2.66. The first-order valence-corrected chi connectivity index (χ1v) is 6.61. The maximum atomic E-state index is 11.6. The Morgan fingerprint density at radius 1 is 1.16 bits per heavy atom. The van der Waals surface area contributed by atoms with E-state index in [1.165, 1.54) is 0 Å². The number of benzene rings is 1. The molecule has 0 spiro atoms. The third-order valence-corrected chi connectivity index (χ3v) is 3.51. The van der Waals surface area contributed by atoms with Gasteiger partial charge in [0.2, 0.25) is 11.8 Å². The fraction of sp³-hybridized carbons (Fsp3) is 0.200. The summed E-state index contributed by atoms with van der Waals surface area (Å²) in [7, 11) is -4.57. The van der Waals surface area contributed by atoms with E-state index in [1.807, 2.05) is 0 Å². The lowest BCUT2D eigenvalue weighted by Gasteiger charge is -2.17. The molecule has 1 heterocycles. The average molecular weight is 286 g/mol. The molecular formula is C10H10N2O6S. The molecule has 19 heavy (non-hydrogen) atoms. The fourth-order valence-electron chi connectivity index (χ4n) is 1.78. The number of carbonyl (C=O) groups excluding carboxylic acids is 2. The predicted molar refractivity (Wildman–Crippen MR) is 64.1 cm³/mol. The number of carbonyl (C=O) groups is 2. The minimum atomic E-state index is -4.57. The van der Waals surface area contributed by atoms with Crippen molar-refractivity contribution in [1.29, 1.82) is 0 Å². The van der Waals surface area contributed by atoms with Crippen LogP contribution in [0.2, 0.25) is 0 Å². The van der Waals surface area contributed by atoms with Crippen LogP contribution in [0.3, 0.4) is 0 Å². The quantitative estimate of drug-likeness (QED) is 0.298. The molecule has 2 amide bonds. The molecule has 0 unspecified atom stereocenters. The lowest BCUT2D eigenvalue weighted by Crippen LogP contribution is -2.29. The molecule has 1 aliphatic heterocycles. The summed E-state index contributed by atoms with van der Waals surface area (Å²) in [5.41, 5.74) is 4.69. The molecule has 0 atom stereocenters. The average Bonchev–Trinajstić information content (AvgIpc) is 2.61. The summed E-state index contributed by atoms with van der Waals surface area (Å²) in [4.78, 5) is 23.1. The van der Waals surface area contributed by atoms with Gasteiger partial charge >= 0.3 is 0 Å². The molecule has 1 fully saturated rings. The van der Waals surface area contributed by atoms with E-state index in [4.69, 9.17) is 10.3 Å².